The molecule has 0 saturated heterocycles. The SMILES string of the molecule is Cc1c(C#N)c2nc3ccccc3n2c(=O)c1=CNNC(=O)c1ccc[nH]1. The van der Waals surface area contributed by atoms with Crippen LogP contribution in [0.4, 0.5) is 0 Å². The highest BCUT2D eigenvalue weighted by Crippen LogP contribution is 2.17. The van der Waals surface area contributed by atoms with E-state index < -0.39 is 0 Å². The third-order valence-corrected chi connectivity index (χ3v) is 4.35. The Hall–Kier alpha value is -4.12. The molecule has 1 aromatic carbocycles. The molecule has 4 aromatic rings. The number of nitrogens with one attached hydrogen (secondary N) is 3. The van der Waals surface area contributed by atoms with Crippen molar-refractivity contribution in [2.45, 2.75) is 6.92 Å². The molecule has 3 aromatic heterocycles. The minimum atomic E-state index is -0.379. The second-order valence-electron chi connectivity index (χ2n) is 5.92. The van der Waals surface area contributed by atoms with E-state index in [1.165, 1.54) is 10.6 Å². The smallest absolute Gasteiger partial charge is 0.285 e. The van der Waals surface area contributed by atoms with Gasteiger partial charge in [-0.15, -0.1) is 0 Å². The highest BCUT2D eigenvalue weighted by atomic mass is 16.2. The molecule has 4 rings (SSSR count). The number of para-hydroxylation sites is 2. The van der Waals surface area contributed by atoms with Crippen molar-refractivity contribution >= 4 is 28.8 Å². The minimum Gasteiger partial charge on any atom is -0.357 e. The molecule has 0 spiro atoms. The molecule has 0 saturated carbocycles. The number of aromatic nitrogens is 3. The quantitative estimate of drug-likeness (QED) is 0.468. The average molecular weight is 358 g/mol. The summed E-state index contributed by atoms with van der Waals surface area (Å²) in [6.45, 7) is 1.68. The number of imidazole rings is 1. The molecule has 0 radical (unpaired) electrons. The van der Waals surface area contributed by atoms with Crippen LogP contribution in [0.2, 0.25) is 0 Å². The second kappa shape index (κ2) is 6.31. The van der Waals surface area contributed by atoms with Gasteiger partial charge in [-0.25, -0.2) is 4.98 Å². The number of nitrogens with zero attached hydrogens (tertiary/aromatic N) is 3. The molecule has 132 valence electrons. The highest BCUT2D eigenvalue weighted by Gasteiger charge is 2.15. The van der Waals surface area contributed by atoms with Gasteiger partial charge in [0.2, 0.25) is 0 Å². The molecule has 8 heteroatoms. The Morgan fingerprint density at radius 3 is 2.85 bits per heavy atom. The summed E-state index contributed by atoms with van der Waals surface area (Å²) < 4.78 is 1.42. The van der Waals surface area contributed by atoms with Gasteiger partial charge in [0.25, 0.3) is 11.5 Å². The lowest BCUT2D eigenvalue weighted by atomic mass is 10.1. The van der Waals surface area contributed by atoms with Crippen LogP contribution in [-0.4, -0.2) is 20.3 Å². The van der Waals surface area contributed by atoms with Gasteiger partial charge in [-0.1, -0.05) is 12.1 Å². The number of pyridine rings is 1. The van der Waals surface area contributed by atoms with Crippen molar-refractivity contribution in [1.29, 1.82) is 5.26 Å². The van der Waals surface area contributed by atoms with Crippen LogP contribution in [0.3, 0.4) is 0 Å². The van der Waals surface area contributed by atoms with E-state index in [0.29, 0.717) is 33.5 Å². The maximum absolute atomic E-state index is 13.0. The summed E-state index contributed by atoms with van der Waals surface area (Å²) in [6.07, 6.45) is 3.02. The van der Waals surface area contributed by atoms with E-state index in [0.717, 1.165) is 0 Å². The molecule has 0 atom stereocenters. The number of rotatable bonds is 3. The summed E-state index contributed by atoms with van der Waals surface area (Å²) >= 11 is 0. The van der Waals surface area contributed by atoms with E-state index in [1.807, 2.05) is 6.07 Å². The van der Waals surface area contributed by atoms with Gasteiger partial charge in [0, 0.05) is 12.4 Å². The first-order valence-electron chi connectivity index (χ1n) is 8.15. The summed E-state index contributed by atoms with van der Waals surface area (Å²) in [5.74, 6) is -0.379. The number of hydrogen-bond donors (Lipinski definition) is 3. The van der Waals surface area contributed by atoms with Gasteiger partial charge in [-0.05, 0) is 36.8 Å². The summed E-state index contributed by atoms with van der Waals surface area (Å²) in [6, 6.07) is 12.6. The van der Waals surface area contributed by atoms with Gasteiger partial charge < -0.3 is 10.4 Å². The zero-order valence-corrected chi connectivity index (χ0v) is 14.3. The Balaban J connectivity index is 1.85. The zero-order chi connectivity index (χ0) is 19.0. The minimum absolute atomic E-state index is 0.272. The Labute approximate surface area is 152 Å². The van der Waals surface area contributed by atoms with Crippen LogP contribution >= 0.6 is 0 Å². The van der Waals surface area contributed by atoms with E-state index in [1.54, 1.807) is 43.5 Å². The molecule has 3 heterocycles. The van der Waals surface area contributed by atoms with Crippen LogP contribution in [0.25, 0.3) is 22.9 Å². The van der Waals surface area contributed by atoms with Crippen molar-refractivity contribution in [2.24, 2.45) is 0 Å². The first-order valence-corrected chi connectivity index (χ1v) is 8.15. The van der Waals surface area contributed by atoms with E-state index in [2.05, 4.69) is 26.9 Å². The van der Waals surface area contributed by atoms with Crippen molar-refractivity contribution in [3.05, 3.63) is 75.0 Å². The van der Waals surface area contributed by atoms with Gasteiger partial charge in [0.1, 0.15) is 11.8 Å². The molecule has 3 N–H and O–H groups in total. The van der Waals surface area contributed by atoms with Crippen molar-refractivity contribution in [1.82, 2.24) is 25.2 Å². The highest BCUT2D eigenvalue weighted by molar-refractivity contribution is 5.92. The lowest BCUT2D eigenvalue weighted by molar-refractivity contribution is 0.0939. The molecule has 0 aliphatic carbocycles. The molecule has 0 fully saturated rings. The predicted octanol–water partition coefficient (Wildman–Crippen LogP) is 0.747. The summed E-state index contributed by atoms with van der Waals surface area (Å²) in [7, 11) is 0. The maximum Gasteiger partial charge on any atom is 0.285 e. The number of carbonyl (C=O) groups is 1. The van der Waals surface area contributed by atoms with E-state index in [-0.39, 0.29) is 16.7 Å². The summed E-state index contributed by atoms with van der Waals surface area (Å²) in [5.41, 5.74) is 7.57. The number of fused-ring (bicyclic) bond motifs is 3. The number of carbonyl (C=O) groups excluding carboxylic acids is 1. The average Bonchev–Trinajstić information content (AvgIpc) is 3.32. The van der Waals surface area contributed by atoms with Gasteiger partial charge in [0.15, 0.2) is 5.65 Å². The normalized spacial score (nSPS) is 11.6. The fourth-order valence-corrected chi connectivity index (χ4v) is 3.00. The molecule has 0 aliphatic heterocycles. The third-order valence-electron chi connectivity index (χ3n) is 4.35. The van der Waals surface area contributed by atoms with Crippen LogP contribution in [0, 0.1) is 18.3 Å². The number of nitriles is 1. The van der Waals surface area contributed by atoms with Gasteiger partial charge >= 0.3 is 0 Å². The van der Waals surface area contributed by atoms with E-state index in [9.17, 15) is 14.9 Å². The second-order valence-corrected chi connectivity index (χ2v) is 5.92. The van der Waals surface area contributed by atoms with Crippen molar-refractivity contribution < 1.29 is 4.79 Å². The largest absolute Gasteiger partial charge is 0.357 e. The van der Waals surface area contributed by atoms with Crippen molar-refractivity contribution in [2.75, 3.05) is 0 Å². The number of aromatic amines is 1. The molecule has 0 bridgehead atoms. The number of H-pyrrole nitrogens is 1. The Kier molecular flexibility index (Phi) is 3.82. The van der Waals surface area contributed by atoms with Gasteiger partial charge in [-0.2, -0.15) is 5.26 Å². The number of amides is 1. The lowest BCUT2D eigenvalue weighted by Gasteiger charge is -2.05. The van der Waals surface area contributed by atoms with Crippen molar-refractivity contribution in [3.8, 4) is 6.07 Å². The molecular weight excluding hydrogens is 344 g/mol. The predicted molar refractivity (Wildman–Crippen MR) is 99.5 cm³/mol. The first kappa shape index (κ1) is 16.4. The van der Waals surface area contributed by atoms with E-state index in [4.69, 9.17) is 0 Å². The topological polar surface area (TPSA) is 115 Å². The fraction of sp³-hybridized carbons (Fsp3) is 0.0526. The van der Waals surface area contributed by atoms with E-state index >= 15 is 0 Å². The zero-order valence-electron chi connectivity index (χ0n) is 14.3. The number of benzene rings is 1. The summed E-state index contributed by atoms with van der Waals surface area (Å²) in [5, 5.41) is 9.85. The van der Waals surface area contributed by atoms with Crippen LogP contribution in [0.5, 0.6) is 0 Å². The lowest BCUT2D eigenvalue weighted by Crippen LogP contribution is -2.40. The molecular formula is C19H14N6O2. The monoisotopic (exact) mass is 358 g/mol. The van der Waals surface area contributed by atoms with Crippen LogP contribution < -0.4 is 21.6 Å². The Morgan fingerprint density at radius 1 is 1.30 bits per heavy atom. The molecule has 0 unspecified atom stereocenters. The Morgan fingerprint density at radius 2 is 2.11 bits per heavy atom. The molecule has 1 amide bonds. The molecule has 0 aliphatic rings. The third kappa shape index (κ3) is 2.58. The summed E-state index contributed by atoms with van der Waals surface area (Å²) in [4.78, 5) is 32.2. The first-order chi connectivity index (χ1) is 13.1. The van der Waals surface area contributed by atoms with Crippen LogP contribution in [0.15, 0.2) is 47.4 Å². The number of hydrogen-bond acceptors (Lipinski definition) is 5. The fourth-order valence-electron chi connectivity index (χ4n) is 3.00. The van der Waals surface area contributed by atoms with Crippen LogP contribution in [0.1, 0.15) is 21.6 Å². The van der Waals surface area contributed by atoms with Crippen LogP contribution in [-0.2, 0) is 0 Å². The molecule has 8 nitrogen and oxygen atoms in total. The van der Waals surface area contributed by atoms with Crippen molar-refractivity contribution in [3.63, 3.8) is 0 Å². The number of hydrazine groups is 1. The standard InChI is InChI=1S/C19H14N6O2/c1-11-12(9-20)17-23-14-5-2-3-7-16(14)25(17)19(27)13(11)10-22-24-18(26)15-6-4-8-21-15/h2-8,10,21-22H,1H3,(H,24,26). The van der Waals surface area contributed by atoms with Gasteiger partial charge in [0.05, 0.1) is 21.8 Å². The van der Waals surface area contributed by atoms with Gasteiger partial charge in [-0.3, -0.25) is 19.4 Å². The maximum atomic E-state index is 13.0. The molecule has 27 heavy (non-hydrogen) atoms. The Bertz CT molecular complexity index is 1330.